The number of aryl methyl sites for hydroxylation is 1. The summed E-state index contributed by atoms with van der Waals surface area (Å²) in [5.74, 6) is 5.37. The smallest absolute Gasteiger partial charge is 0.0898 e. The van der Waals surface area contributed by atoms with E-state index in [1.165, 1.54) is 0 Å². The van der Waals surface area contributed by atoms with Gasteiger partial charge in [0.25, 0.3) is 0 Å². The van der Waals surface area contributed by atoms with Crippen LogP contribution in [0.15, 0.2) is 18.0 Å². The highest BCUT2D eigenvalue weighted by molar-refractivity contribution is 7.09. The van der Waals surface area contributed by atoms with Gasteiger partial charge in [0.05, 0.1) is 16.7 Å². The van der Waals surface area contributed by atoms with Crippen molar-refractivity contribution in [2.45, 2.75) is 19.4 Å². The topological polar surface area (TPSA) is 50.9 Å². The van der Waals surface area contributed by atoms with Crippen molar-refractivity contribution in [3.63, 3.8) is 0 Å². The molecular weight excluding hydrogens is 170 g/mol. The molecule has 3 N–H and O–H groups in total. The zero-order valence-electron chi connectivity index (χ0n) is 7.08. The van der Waals surface area contributed by atoms with Gasteiger partial charge in [0, 0.05) is 5.38 Å². The van der Waals surface area contributed by atoms with Crippen LogP contribution in [0.5, 0.6) is 0 Å². The fourth-order valence-electron chi connectivity index (χ4n) is 0.981. The number of nitrogens with two attached hydrogens (primary N) is 1. The van der Waals surface area contributed by atoms with E-state index in [2.05, 4.69) is 17.0 Å². The quantitative estimate of drug-likeness (QED) is 0.423. The van der Waals surface area contributed by atoms with Gasteiger partial charge in [-0.05, 0) is 13.3 Å². The molecule has 1 aromatic rings. The van der Waals surface area contributed by atoms with Crippen molar-refractivity contribution in [3.8, 4) is 0 Å². The lowest BCUT2D eigenvalue weighted by atomic mass is 10.2. The minimum atomic E-state index is 0.104. The lowest BCUT2D eigenvalue weighted by Crippen LogP contribution is -2.27. The molecule has 1 rings (SSSR count). The Morgan fingerprint density at radius 2 is 2.67 bits per heavy atom. The van der Waals surface area contributed by atoms with Crippen molar-refractivity contribution in [1.29, 1.82) is 0 Å². The zero-order chi connectivity index (χ0) is 8.97. The SMILES string of the molecule is C=CCC(NN)c1csc(C)n1. The molecule has 0 spiro atoms. The Hall–Kier alpha value is -0.710. The van der Waals surface area contributed by atoms with Crippen LogP contribution in [-0.2, 0) is 0 Å². The number of aromatic nitrogens is 1. The Kier molecular flexibility index (Phi) is 3.40. The second-order valence-electron chi connectivity index (χ2n) is 2.54. The molecule has 0 saturated carbocycles. The van der Waals surface area contributed by atoms with E-state index in [1.54, 1.807) is 11.3 Å². The van der Waals surface area contributed by atoms with Crippen LogP contribution >= 0.6 is 11.3 Å². The van der Waals surface area contributed by atoms with E-state index in [4.69, 9.17) is 5.84 Å². The molecule has 0 fully saturated rings. The van der Waals surface area contributed by atoms with Gasteiger partial charge in [-0.15, -0.1) is 17.9 Å². The minimum absolute atomic E-state index is 0.104. The first kappa shape index (κ1) is 9.38. The van der Waals surface area contributed by atoms with Gasteiger partial charge in [-0.1, -0.05) is 6.08 Å². The highest BCUT2D eigenvalue weighted by Gasteiger charge is 2.09. The molecule has 1 unspecified atom stereocenters. The molecule has 0 aliphatic rings. The molecule has 12 heavy (non-hydrogen) atoms. The van der Waals surface area contributed by atoms with Crippen LogP contribution in [-0.4, -0.2) is 4.98 Å². The first-order valence-electron chi connectivity index (χ1n) is 3.77. The highest BCUT2D eigenvalue weighted by atomic mass is 32.1. The Bertz CT molecular complexity index is 257. The van der Waals surface area contributed by atoms with Crippen molar-refractivity contribution in [2.24, 2.45) is 5.84 Å². The molecule has 66 valence electrons. The van der Waals surface area contributed by atoms with Gasteiger partial charge in [-0.25, -0.2) is 4.98 Å². The van der Waals surface area contributed by atoms with Crippen molar-refractivity contribution in [3.05, 3.63) is 28.7 Å². The van der Waals surface area contributed by atoms with E-state index in [9.17, 15) is 0 Å². The largest absolute Gasteiger partial charge is 0.271 e. The van der Waals surface area contributed by atoms with Gasteiger partial charge >= 0.3 is 0 Å². The van der Waals surface area contributed by atoms with Gasteiger partial charge in [0.15, 0.2) is 0 Å². The van der Waals surface area contributed by atoms with E-state index in [1.807, 2.05) is 18.4 Å². The second kappa shape index (κ2) is 4.35. The number of rotatable bonds is 4. The Morgan fingerprint density at radius 1 is 1.92 bits per heavy atom. The standard InChI is InChI=1S/C8H13N3S/c1-3-4-7(11-9)8-5-12-6(2)10-8/h3,5,7,11H,1,4,9H2,2H3. The Labute approximate surface area is 76.3 Å². The maximum atomic E-state index is 5.37. The summed E-state index contributed by atoms with van der Waals surface area (Å²) in [5, 5.41) is 3.08. The monoisotopic (exact) mass is 183 g/mol. The van der Waals surface area contributed by atoms with E-state index in [-0.39, 0.29) is 6.04 Å². The summed E-state index contributed by atoms with van der Waals surface area (Å²) in [4.78, 5) is 4.33. The molecule has 1 aromatic heterocycles. The van der Waals surface area contributed by atoms with Gasteiger partial charge in [-0.2, -0.15) is 0 Å². The number of hydrogen-bond donors (Lipinski definition) is 2. The molecule has 0 radical (unpaired) electrons. The Morgan fingerprint density at radius 3 is 3.08 bits per heavy atom. The van der Waals surface area contributed by atoms with Crippen LogP contribution in [0.1, 0.15) is 23.2 Å². The van der Waals surface area contributed by atoms with Crippen molar-refractivity contribution in [1.82, 2.24) is 10.4 Å². The molecular formula is C8H13N3S. The molecule has 0 saturated heterocycles. The fraction of sp³-hybridized carbons (Fsp3) is 0.375. The van der Waals surface area contributed by atoms with E-state index < -0.39 is 0 Å². The zero-order valence-corrected chi connectivity index (χ0v) is 7.90. The van der Waals surface area contributed by atoms with E-state index in [0.717, 1.165) is 17.1 Å². The van der Waals surface area contributed by atoms with Crippen LogP contribution in [0.2, 0.25) is 0 Å². The molecule has 1 heterocycles. The Balaban J connectivity index is 2.72. The molecule has 0 aliphatic carbocycles. The lowest BCUT2D eigenvalue weighted by Gasteiger charge is -2.09. The summed E-state index contributed by atoms with van der Waals surface area (Å²) < 4.78 is 0. The van der Waals surface area contributed by atoms with Gasteiger partial charge < -0.3 is 0 Å². The van der Waals surface area contributed by atoms with Crippen LogP contribution in [0.4, 0.5) is 0 Å². The van der Waals surface area contributed by atoms with Gasteiger partial charge in [0.1, 0.15) is 0 Å². The molecule has 0 aliphatic heterocycles. The van der Waals surface area contributed by atoms with E-state index >= 15 is 0 Å². The van der Waals surface area contributed by atoms with Crippen molar-refractivity contribution < 1.29 is 0 Å². The van der Waals surface area contributed by atoms with Crippen molar-refractivity contribution >= 4 is 11.3 Å². The predicted molar refractivity (Wildman–Crippen MR) is 51.7 cm³/mol. The normalized spacial score (nSPS) is 12.8. The summed E-state index contributed by atoms with van der Waals surface area (Å²) in [6.45, 7) is 5.64. The summed E-state index contributed by atoms with van der Waals surface area (Å²) in [7, 11) is 0. The number of thiazole rings is 1. The fourth-order valence-corrected chi connectivity index (χ4v) is 1.65. The second-order valence-corrected chi connectivity index (χ2v) is 3.60. The van der Waals surface area contributed by atoms with Gasteiger partial charge in [-0.3, -0.25) is 11.3 Å². The predicted octanol–water partition coefficient (Wildman–Crippen LogP) is 1.53. The highest BCUT2D eigenvalue weighted by Crippen LogP contribution is 2.18. The number of nitrogens with zero attached hydrogens (tertiary/aromatic N) is 1. The molecule has 4 heteroatoms. The molecule has 0 amide bonds. The number of hydrazine groups is 1. The third-order valence-corrected chi connectivity index (χ3v) is 2.39. The maximum absolute atomic E-state index is 5.37. The van der Waals surface area contributed by atoms with Crippen LogP contribution in [0, 0.1) is 6.92 Å². The maximum Gasteiger partial charge on any atom is 0.0898 e. The molecule has 3 nitrogen and oxygen atoms in total. The van der Waals surface area contributed by atoms with Crippen LogP contribution in [0.25, 0.3) is 0 Å². The minimum Gasteiger partial charge on any atom is -0.271 e. The average molecular weight is 183 g/mol. The van der Waals surface area contributed by atoms with E-state index in [0.29, 0.717) is 0 Å². The molecule has 0 aromatic carbocycles. The molecule has 0 bridgehead atoms. The summed E-state index contributed by atoms with van der Waals surface area (Å²) in [6.07, 6.45) is 2.64. The number of nitrogens with one attached hydrogen (secondary N) is 1. The summed E-state index contributed by atoms with van der Waals surface area (Å²) >= 11 is 1.63. The van der Waals surface area contributed by atoms with Crippen molar-refractivity contribution in [2.75, 3.05) is 0 Å². The third kappa shape index (κ3) is 2.14. The van der Waals surface area contributed by atoms with Crippen LogP contribution in [0.3, 0.4) is 0 Å². The first-order chi connectivity index (χ1) is 5.77. The van der Waals surface area contributed by atoms with Crippen LogP contribution < -0.4 is 11.3 Å². The summed E-state index contributed by atoms with van der Waals surface area (Å²) in [6, 6.07) is 0.104. The number of hydrogen-bond acceptors (Lipinski definition) is 4. The average Bonchev–Trinajstić information content (AvgIpc) is 2.47. The third-order valence-electron chi connectivity index (χ3n) is 1.60. The summed E-state index contributed by atoms with van der Waals surface area (Å²) in [5.41, 5.74) is 3.71. The molecule has 1 atom stereocenters. The lowest BCUT2D eigenvalue weighted by molar-refractivity contribution is 0.549. The first-order valence-corrected chi connectivity index (χ1v) is 4.65. The van der Waals surface area contributed by atoms with Gasteiger partial charge in [0.2, 0.25) is 0 Å².